The second-order valence-corrected chi connectivity index (χ2v) is 8.10. The lowest BCUT2D eigenvalue weighted by atomic mass is 9.98. The molecular weight excluding hydrogens is 384 g/mol. The minimum atomic E-state index is 0.253. The second kappa shape index (κ2) is 10.6. The first-order chi connectivity index (χ1) is 14.8. The summed E-state index contributed by atoms with van der Waals surface area (Å²) < 4.78 is 9.19. The van der Waals surface area contributed by atoms with Crippen molar-refractivity contribution in [3.05, 3.63) is 24.3 Å². The van der Waals surface area contributed by atoms with E-state index in [0.29, 0.717) is 19.0 Å². The molecule has 1 amide bonds. The molecule has 2 fully saturated rings. The number of nitrogens with zero attached hydrogens (tertiary/aromatic N) is 8. The first-order valence-corrected chi connectivity index (χ1v) is 11.1. The topological polar surface area (TPSA) is 94.2 Å². The molecule has 0 aromatic carbocycles. The molecule has 1 atom stereocenters. The summed E-state index contributed by atoms with van der Waals surface area (Å²) >= 11 is 0. The average Bonchev–Trinajstić information content (AvgIpc) is 3.45. The number of aryl methyl sites for hydroxylation is 2. The summed E-state index contributed by atoms with van der Waals surface area (Å²) in [5.74, 6) is 1.11. The van der Waals surface area contributed by atoms with Gasteiger partial charge in [-0.3, -0.25) is 14.4 Å². The Hall–Kier alpha value is -2.33. The summed E-state index contributed by atoms with van der Waals surface area (Å²) in [6.45, 7) is 6.45. The average molecular weight is 417 g/mol. The van der Waals surface area contributed by atoms with Crippen LogP contribution in [0.2, 0.25) is 0 Å². The standard InChI is InChI=1S/C20H32N8O2/c29-20(27-10-2-1-5-18(27)7-12-26-9-4-8-21-26)6-3-11-28-19(22-23-24-28)17-25-13-15-30-16-14-25/h4,8-9,18H,1-3,5-7,10-17H2/t18-/m0/s1. The Balaban J connectivity index is 1.24. The first-order valence-electron chi connectivity index (χ1n) is 11.1. The molecule has 2 saturated heterocycles. The van der Waals surface area contributed by atoms with Crippen molar-refractivity contribution in [2.45, 2.75) is 64.2 Å². The molecule has 0 radical (unpaired) electrons. The summed E-state index contributed by atoms with van der Waals surface area (Å²) in [6.07, 6.45) is 9.42. The maximum absolute atomic E-state index is 12.9. The highest BCUT2D eigenvalue weighted by Crippen LogP contribution is 2.21. The Kier molecular flexibility index (Phi) is 7.41. The van der Waals surface area contributed by atoms with Gasteiger partial charge in [0.2, 0.25) is 5.91 Å². The van der Waals surface area contributed by atoms with Crippen molar-refractivity contribution in [1.82, 2.24) is 39.8 Å². The summed E-state index contributed by atoms with van der Waals surface area (Å²) in [5.41, 5.74) is 0. The maximum Gasteiger partial charge on any atom is 0.222 e. The fourth-order valence-electron chi connectivity index (χ4n) is 4.34. The number of hydrogen-bond donors (Lipinski definition) is 0. The zero-order valence-corrected chi connectivity index (χ0v) is 17.6. The maximum atomic E-state index is 12.9. The van der Waals surface area contributed by atoms with Gasteiger partial charge in [0, 0.05) is 57.6 Å². The fourth-order valence-corrected chi connectivity index (χ4v) is 4.34. The number of ether oxygens (including phenoxy) is 1. The number of aromatic nitrogens is 6. The van der Waals surface area contributed by atoms with Gasteiger partial charge in [0.05, 0.1) is 19.8 Å². The van der Waals surface area contributed by atoms with E-state index in [-0.39, 0.29) is 5.91 Å². The van der Waals surface area contributed by atoms with Crippen molar-refractivity contribution in [1.29, 1.82) is 0 Å². The lowest BCUT2D eigenvalue weighted by molar-refractivity contribution is -0.135. The van der Waals surface area contributed by atoms with Crippen molar-refractivity contribution in [2.24, 2.45) is 0 Å². The van der Waals surface area contributed by atoms with Crippen LogP contribution < -0.4 is 0 Å². The number of rotatable bonds is 9. The predicted molar refractivity (Wildman–Crippen MR) is 109 cm³/mol. The molecule has 0 N–H and O–H groups in total. The van der Waals surface area contributed by atoms with Gasteiger partial charge in [-0.25, -0.2) is 4.68 Å². The quantitative estimate of drug-likeness (QED) is 0.601. The highest BCUT2D eigenvalue weighted by molar-refractivity contribution is 5.76. The van der Waals surface area contributed by atoms with Gasteiger partial charge in [-0.15, -0.1) is 5.10 Å². The lowest BCUT2D eigenvalue weighted by Gasteiger charge is -2.36. The minimum absolute atomic E-state index is 0.253. The van der Waals surface area contributed by atoms with Crippen LogP contribution in [0.1, 0.15) is 44.3 Å². The van der Waals surface area contributed by atoms with Crippen LogP contribution in [0.4, 0.5) is 0 Å². The second-order valence-electron chi connectivity index (χ2n) is 8.10. The highest BCUT2D eigenvalue weighted by atomic mass is 16.5. The Morgan fingerprint density at radius 2 is 2.07 bits per heavy atom. The van der Waals surface area contributed by atoms with Gasteiger partial charge < -0.3 is 9.64 Å². The number of piperidine rings is 1. The molecule has 10 heteroatoms. The highest BCUT2D eigenvalue weighted by Gasteiger charge is 2.26. The molecule has 4 rings (SSSR count). The Morgan fingerprint density at radius 3 is 2.90 bits per heavy atom. The molecule has 30 heavy (non-hydrogen) atoms. The smallest absolute Gasteiger partial charge is 0.222 e. The molecule has 0 saturated carbocycles. The third kappa shape index (κ3) is 5.63. The van der Waals surface area contributed by atoms with E-state index in [4.69, 9.17) is 4.74 Å². The van der Waals surface area contributed by atoms with Gasteiger partial charge >= 0.3 is 0 Å². The predicted octanol–water partition coefficient (Wildman–Crippen LogP) is 0.953. The van der Waals surface area contributed by atoms with Crippen LogP contribution in [0, 0.1) is 0 Å². The van der Waals surface area contributed by atoms with Crippen molar-refractivity contribution >= 4 is 5.91 Å². The molecule has 0 bridgehead atoms. The van der Waals surface area contributed by atoms with Gasteiger partial charge in [-0.1, -0.05) is 0 Å². The van der Waals surface area contributed by atoms with Crippen LogP contribution in [0.3, 0.4) is 0 Å². The van der Waals surface area contributed by atoms with Crippen LogP contribution in [0.5, 0.6) is 0 Å². The van der Waals surface area contributed by atoms with E-state index in [2.05, 4.69) is 30.4 Å². The number of tetrazole rings is 1. The van der Waals surface area contributed by atoms with Crippen LogP contribution in [0.15, 0.2) is 18.5 Å². The third-order valence-corrected chi connectivity index (χ3v) is 6.03. The summed E-state index contributed by atoms with van der Waals surface area (Å²) in [5, 5.41) is 16.4. The van der Waals surface area contributed by atoms with Crippen LogP contribution in [-0.4, -0.2) is 84.6 Å². The van der Waals surface area contributed by atoms with E-state index < -0.39 is 0 Å². The number of carbonyl (C=O) groups excluding carboxylic acids is 1. The number of amides is 1. The van der Waals surface area contributed by atoms with E-state index in [1.54, 1.807) is 6.20 Å². The molecule has 2 aromatic rings. The number of hydrogen-bond acceptors (Lipinski definition) is 7. The number of morpholine rings is 1. The van der Waals surface area contributed by atoms with Crippen LogP contribution >= 0.6 is 0 Å². The molecule has 2 aliphatic heterocycles. The molecule has 2 aliphatic rings. The Labute approximate surface area is 177 Å². The van der Waals surface area contributed by atoms with Gasteiger partial charge in [-0.05, 0) is 48.6 Å². The monoisotopic (exact) mass is 416 g/mol. The van der Waals surface area contributed by atoms with Gasteiger partial charge in [0.1, 0.15) is 0 Å². The SMILES string of the molecule is O=C(CCCn1nnnc1CN1CCOCC1)N1CCCC[C@H]1CCn1cccn1. The van der Waals surface area contributed by atoms with E-state index in [1.165, 1.54) is 6.42 Å². The van der Waals surface area contributed by atoms with Crippen molar-refractivity contribution in [2.75, 3.05) is 32.8 Å². The summed E-state index contributed by atoms with van der Waals surface area (Å²) in [6, 6.07) is 2.26. The van der Waals surface area contributed by atoms with E-state index in [0.717, 1.165) is 77.4 Å². The fraction of sp³-hybridized carbons (Fsp3) is 0.750. The van der Waals surface area contributed by atoms with E-state index in [9.17, 15) is 4.79 Å². The molecular formula is C20H32N8O2. The largest absolute Gasteiger partial charge is 0.379 e. The Morgan fingerprint density at radius 1 is 1.17 bits per heavy atom. The first kappa shape index (κ1) is 20.9. The molecule has 2 aromatic heterocycles. The number of likely N-dealkylation sites (tertiary alicyclic amines) is 1. The molecule has 0 aliphatic carbocycles. The Bertz CT molecular complexity index is 772. The molecule has 0 unspecified atom stereocenters. The van der Waals surface area contributed by atoms with Gasteiger partial charge in [0.15, 0.2) is 5.82 Å². The van der Waals surface area contributed by atoms with Crippen LogP contribution in [0.25, 0.3) is 0 Å². The molecule has 0 spiro atoms. The normalized spacial score (nSPS) is 20.5. The lowest BCUT2D eigenvalue weighted by Crippen LogP contribution is -2.44. The van der Waals surface area contributed by atoms with Crippen LogP contribution in [-0.2, 0) is 29.2 Å². The zero-order chi connectivity index (χ0) is 20.6. The molecule has 10 nitrogen and oxygen atoms in total. The van der Waals surface area contributed by atoms with Crippen molar-refractivity contribution < 1.29 is 9.53 Å². The van der Waals surface area contributed by atoms with Gasteiger partial charge in [-0.2, -0.15) is 5.10 Å². The zero-order valence-electron chi connectivity index (χ0n) is 17.6. The van der Waals surface area contributed by atoms with Crippen molar-refractivity contribution in [3.63, 3.8) is 0 Å². The van der Waals surface area contributed by atoms with E-state index >= 15 is 0 Å². The molecule has 4 heterocycles. The third-order valence-electron chi connectivity index (χ3n) is 6.03. The van der Waals surface area contributed by atoms with E-state index in [1.807, 2.05) is 21.6 Å². The number of carbonyl (C=O) groups is 1. The molecule has 164 valence electrons. The summed E-state index contributed by atoms with van der Waals surface area (Å²) in [4.78, 5) is 17.3. The van der Waals surface area contributed by atoms with Crippen molar-refractivity contribution in [3.8, 4) is 0 Å². The van der Waals surface area contributed by atoms with Gasteiger partial charge in [0.25, 0.3) is 0 Å². The minimum Gasteiger partial charge on any atom is -0.379 e. The summed E-state index contributed by atoms with van der Waals surface area (Å²) in [7, 11) is 0.